The summed E-state index contributed by atoms with van der Waals surface area (Å²) in [6, 6.07) is 0. The topological polar surface area (TPSA) is 237 Å². The Morgan fingerprint density at radius 1 is 1.23 bits per heavy atom. The van der Waals surface area contributed by atoms with E-state index in [-0.39, 0.29) is 36.0 Å². The minimum absolute atomic E-state index is 0.0934. The van der Waals surface area contributed by atoms with Crippen molar-refractivity contribution in [2.75, 3.05) is 25.2 Å². The maximum Gasteiger partial charge on any atom is 0.325 e. The first-order valence-corrected chi connectivity index (χ1v) is 16.0. The number of methoxy groups -OCH3 is 1. The molecule has 7 N–H and O–H groups in total. The Bertz CT molecular complexity index is 1890. The number of aliphatic hydroxyl groups excluding tert-OH is 1. The molecule has 9 atom stereocenters. The van der Waals surface area contributed by atoms with Gasteiger partial charge in [0.05, 0.1) is 19.3 Å². The van der Waals surface area contributed by atoms with E-state index in [1.54, 1.807) is 4.57 Å². The second kappa shape index (κ2) is 9.88. The van der Waals surface area contributed by atoms with Crippen LogP contribution in [0.15, 0.2) is 23.8 Å². The van der Waals surface area contributed by atoms with Crippen LogP contribution in [0.25, 0.3) is 22.3 Å². The van der Waals surface area contributed by atoms with Crippen molar-refractivity contribution in [3.8, 4) is 0 Å². The summed E-state index contributed by atoms with van der Waals surface area (Å²) < 4.78 is 58.3. The maximum absolute atomic E-state index is 16.3. The second-order valence-electron chi connectivity index (χ2n) is 11.1. The number of nitrogens with zero attached hydrogens (tertiary/aromatic N) is 7. The van der Waals surface area contributed by atoms with E-state index >= 15 is 8.78 Å². The van der Waals surface area contributed by atoms with Gasteiger partial charge in [0.1, 0.15) is 23.5 Å². The van der Waals surface area contributed by atoms with Gasteiger partial charge < -0.3 is 35.5 Å². The number of fused-ring (bicyclic) bond motifs is 3. The van der Waals surface area contributed by atoms with E-state index < -0.39 is 66.2 Å². The highest BCUT2D eigenvalue weighted by molar-refractivity contribution is 8.07. The third kappa shape index (κ3) is 4.27. The lowest BCUT2D eigenvalue weighted by Gasteiger charge is -2.38. The van der Waals surface area contributed by atoms with Crippen LogP contribution in [0.4, 0.5) is 20.5 Å². The van der Waals surface area contributed by atoms with Gasteiger partial charge in [0.2, 0.25) is 5.95 Å². The van der Waals surface area contributed by atoms with Gasteiger partial charge in [-0.15, -0.1) is 0 Å². The molecule has 7 rings (SSSR count). The minimum atomic E-state index is -4.45. The average Bonchev–Trinajstić information content (AvgIpc) is 3.38. The summed E-state index contributed by atoms with van der Waals surface area (Å²) in [5, 5.41) is 11.2. The molecule has 0 amide bonds. The standard InChI is InChI=1S/C23H27F2N10O7PS/c1-8-3-9-10-13(39-2)20(35-7-30-11-15(26)28-5-29-16(11)35)41-22(9,10)4-40-43(38,44)42-14(23(8,24)25)19(37)34-6-31-12-17(34)32-21(27)33-18(12)36/h5-10,13-14,19-20,37H,3-4H2,1-2H3,(H,38,44)(H2,26,28,29)(H3,27,32,33,36)/t8?,9?,10-,13+,14-,19+,20+,22?,43?/m0/s1. The van der Waals surface area contributed by atoms with Crippen molar-refractivity contribution in [1.82, 2.24) is 39.0 Å². The number of H-pyrrole nitrogens is 1. The third-order valence-electron chi connectivity index (χ3n) is 8.78. The smallest absolute Gasteiger partial charge is 0.325 e. The van der Waals surface area contributed by atoms with Gasteiger partial charge in [0, 0.05) is 18.9 Å². The number of alkyl halides is 2. The predicted molar refractivity (Wildman–Crippen MR) is 150 cm³/mol. The summed E-state index contributed by atoms with van der Waals surface area (Å²) in [6.07, 6.45) is -2.45. The van der Waals surface area contributed by atoms with Crippen LogP contribution in [-0.2, 0) is 30.3 Å². The van der Waals surface area contributed by atoms with Crippen molar-refractivity contribution in [3.05, 3.63) is 29.3 Å². The molecule has 2 saturated heterocycles. The zero-order valence-corrected chi connectivity index (χ0v) is 24.7. The van der Waals surface area contributed by atoms with Crippen LogP contribution in [0.2, 0.25) is 0 Å². The zero-order chi connectivity index (χ0) is 31.3. The molecular formula is C23H27F2N10O7PS. The normalized spacial score (nSPS) is 35.8. The summed E-state index contributed by atoms with van der Waals surface area (Å²) in [6.45, 7) is -3.46. The summed E-state index contributed by atoms with van der Waals surface area (Å²) in [4.78, 5) is 45.7. The van der Waals surface area contributed by atoms with Gasteiger partial charge in [-0.2, -0.15) is 4.98 Å². The molecule has 1 saturated carbocycles. The molecule has 1 spiro atoms. The van der Waals surface area contributed by atoms with Gasteiger partial charge in [-0.3, -0.25) is 23.4 Å². The number of nitrogens with one attached hydrogen (secondary N) is 1. The van der Waals surface area contributed by atoms with Crippen LogP contribution >= 0.6 is 6.72 Å². The number of halogens is 2. The minimum Gasteiger partial charge on any atom is -0.382 e. The zero-order valence-electron chi connectivity index (χ0n) is 23.0. The third-order valence-corrected chi connectivity index (χ3v) is 10.3. The number of hydrogen-bond acceptors (Lipinski definition) is 14. The number of ether oxygens (including phenoxy) is 2. The molecule has 1 aliphatic carbocycles. The fourth-order valence-corrected chi connectivity index (χ4v) is 7.96. The van der Waals surface area contributed by atoms with Crippen molar-refractivity contribution < 1.29 is 37.3 Å². The number of rotatable bonds is 4. The first kappa shape index (κ1) is 29.5. The van der Waals surface area contributed by atoms with E-state index in [1.165, 1.54) is 26.7 Å². The highest BCUT2D eigenvalue weighted by Gasteiger charge is 2.77. The van der Waals surface area contributed by atoms with Crippen molar-refractivity contribution in [1.29, 1.82) is 0 Å². The lowest BCUT2D eigenvalue weighted by molar-refractivity contribution is -0.195. The molecule has 21 heteroatoms. The SMILES string of the molecule is CO[C@H]1[C@H](n2cnc3c(N)ncnc32)OC23COP(O)(=S)O[C@@H]([C@@H](O)n4cnc5c(=O)[nH]c(N)nc54)C(F)(F)C(C)CC2[C@@H]13. The Balaban J connectivity index is 1.22. The molecule has 3 fully saturated rings. The van der Waals surface area contributed by atoms with Gasteiger partial charge in [0.25, 0.3) is 11.5 Å². The number of nitrogen functional groups attached to an aromatic ring is 2. The van der Waals surface area contributed by atoms with Gasteiger partial charge in [-0.1, -0.05) is 6.92 Å². The van der Waals surface area contributed by atoms with Gasteiger partial charge in [0.15, 0.2) is 41.2 Å². The molecule has 4 unspecified atom stereocenters. The van der Waals surface area contributed by atoms with Crippen molar-refractivity contribution in [2.24, 2.45) is 17.8 Å². The number of hydrogen-bond donors (Lipinski definition) is 5. The summed E-state index contributed by atoms with van der Waals surface area (Å²) in [5.74, 6) is -6.33. The monoisotopic (exact) mass is 656 g/mol. The Morgan fingerprint density at radius 2 is 1.98 bits per heavy atom. The Hall–Kier alpha value is -3.23. The number of aromatic amines is 1. The second-order valence-corrected chi connectivity index (χ2v) is 13.9. The first-order chi connectivity index (χ1) is 20.8. The molecule has 2 aliphatic heterocycles. The number of anilines is 2. The fourth-order valence-electron chi connectivity index (χ4n) is 6.56. The number of nitrogens with two attached hydrogens (primary N) is 2. The van der Waals surface area contributed by atoms with Gasteiger partial charge in [-0.05, 0) is 24.1 Å². The molecule has 17 nitrogen and oxygen atoms in total. The van der Waals surface area contributed by atoms with Crippen LogP contribution in [-0.4, -0.2) is 86.5 Å². The Morgan fingerprint density at radius 3 is 2.73 bits per heavy atom. The molecule has 0 radical (unpaired) electrons. The lowest BCUT2D eigenvalue weighted by atomic mass is 9.90. The Labute approximate surface area is 250 Å². The summed E-state index contributed by atoms with van der Waals surface area (Å²) >= 11 is 5.15. The number of aliphatic hydroxyl groups is 1. The van der Waals surface area contributed by atoms with Crippen LogP contribution in [0.1, 0.15) is 25.8 Å². The van der Waals surface area contributed by atoms with E-state index in [2.05, 4.69) is 29.9 Å². The molecule has 6 heterocycles. The van der Waals surface area contributed by atoms with Crippen LogP contribution < -0.4 is 17.0 Å². The highest BCUT2D eigenvalue weighted by atomic mass is 32.5. The van der Waals surface area contributed by atoms with Crippen molar-refractivity contribution in [3.63, 3.8) is 0 Å². The fraction of sp³-hybridized carbons (Fsp3) is 0.565. The van der Waals surface area contributed by atoms with Gasteiger partial charge >= 0.3 is 6.72 Å². The molecular weight excluding hydrogens is 629 g/mol. The van der Waals surface area contributed by atoms with E-state index in [4.69, 9.17) is 41.8 Å². The quantitative estimate of drug-likeness (QED) is 0.187. The molecule has 0 bridgehead atoms. The molecule has 3 aliphatic rings. The lowest BCUT2D eigenvalue weighted by Crippen LogP contribution is -2.47. The molecule has 4 aromatic rings. The van der Waals surface area contributed by atoms with E-state index in [1.807, 2.05) is 0 Å². The van der Waals surface area contributed by atoms with E-state index in [0.29, 0.717) is 11.2 Å². The van der Waals surface area contributed by atoms with E-state index in [9.17, 15) is 14.8 Å². The first-order valence-electron chi connectivity index (χ1n) is 13.4. The highest BCUT2D eigenvalue weighted by Crippen LogP contribution is 2.69. The molecule has 44 heavy (non-hydrogen) atoms. The molecule has 0 aromatic carbocycles. The average molecular weight is 657 g/mol. The van der Waals surface area contributed by atoms with Crippen molar-refractivity contribution >= 4 is 52.6 Å². The Kier molecular flexibility index (Phi) is 6.62. The predicted octanol–water partition coefficient (Wildman–Crippen LogP) is 0.437. The number of aromatic nitrogens is 8. The number of imidazole rings is 2. The van der Waals surface area contributed by atoms with Crippen LogP contribution in [0.3, 0.4) is 0 Å². The summed E-state index contributed by atoms with van der Waals surface area (Å²) in [7, 11) is 1.47. The van der Waals surface area contributed by atoms with Gasteiger partial charge in [-0.25, -0.2) is 28.7 Å². The van der Waals surface area contributed by atoms with Crippen LogP contribution in [0, 0.1) is 17.8 Å². The molecule has 4 aromatic heterocycles. The van der Waals surface area contributed by atoms with E-state index in [0.717, 1.165) is 10.9 Å². The largest absolute Gasteiger partial charge is 0.382 e. The summed E-state index contributed by atoms with van der Waals surface area (Å²) in [5.41, 5.74) is 9.87. The van der Waals surface area contributed by atoms with Crippen molar-refractivity contribution in [2.45, 2.75) is 49.5 Å². The van der Waals surface area contributed by atoms with Crippen LogP contribution in [0.5, 0.6) is 0 Å². The molecule has 236 valence electrons. The maximum atomic E-state index is 16.3.